The van der Waals surface area contributed by atoms with Crippen LogP contribution in [0.3, 0.4) is 0 Å². The zero-order valence-electron chi connectivity index (χ0n) is 15.1. The van der Waals surface area contributed by atoms with Crippen molar-refractivity contribution in [1.29, 1.82) is 0 Å². The Morgan fingerprint density at radius 1 is 1.24 bits per heavy atom. The highest BCUT2D eigenvalue weighted by molar-refractivity contribution is 6.30. The number of ether oxygens (including phenoxy) is 1. The van der Waals surface area contributed by atoms with Crippen LogP contribution in [0.25, 0.3) is 11.0 Å². The second kappa shape index (κ2) is 7.82. The molecule has 2 aromatic heterocycles. The van der Waals surface area contributed by atoms with Gasteiger partial charge in [0.2, 0.25) is 0 Å². The number of nitrogens with zero attached hydrogens (tertiary/aromatic N) is 3. The summed E-state index contributed by atoms with van der Waals surface area (Å²) in [5.74, 6) is -0.577. The molecule has 1 unspecified atom stereocenters. The average Bonchev–Trinajstić information content (AvgIpc) is 3.20. The van der Waals surface area contributed by atoms with Crippen LogP contribution >= 0.6 is 11.6 Å². The molecule has 0 aliphatic carbocycles. The summed E-state index contributed by atoms with van der Waals surface area (Å²) < 4.78 is 21.6. The maximum Gasteiger partial charge on any atom is 0.165 e. The van der Waals surface area contributed by atoms with Gasteiger partial charge in [-0.05, 0) is 17.7 Å². The van der Waals surface area contributed by atoms with Gasteiger partial charge >= 0.3 is 0 Å². The third-order valence-electron chi connectivity index (χ3n) is 4.83. The van der Waals surface area contributed by atoms with Crippen molar-refractivity contribution >= 4 is 28.5 Å². The molecule has 5 atom stereocenters. The van der Waals surface area contributed by atoms with Gasteiger partial charge in [0.25, 0.3) is 0 Å². The van der Waals surface area contributed by atoms with Gasteiger partial charge in [-0.3, -0.25) is 4.84 Å². The van der Waals surface area contributed by atoms with Crippen molar-refractivity contribution in [3.05, 3.63) is 53.2 Å². The molecule has 4 rings (SSSR count). The molecule has 3 aromatic rings. The number of hydrogen-bond donors (Lipinski definition) is 4. The maximum absolute atomic E-state index is 14.6. The molecule has 0 spiro atoms. The average molecular weight is 425 g/mol. The van der Waals surface area contributed by atoms with Crippen molar-refractivity contribution in [1.82, 2.24) is 14.5 Å². The van der Waals surface area contributed by atoms with Crippen molar-refractivity contribution in [3.8, 4) is 0 Å². The number of anilines is 1. The zero-order valence-corrected chi connectivity index (χ0v) is 15.9. The van der Waals surface area contributed by atoms with Crippen LogP contribution < -0.4 is 5.48 Å². The fraction of sp³-hybridized carbons (Fsp3) is 0.333. The third kappa shape index (κ3) is 3.44. The third-order valence-corrected chi connectivity index (χ3v) is 5.09. The molecule has 1 aromatic carbocycles. The summed E-state index contributed by atoms with van der Waals surface area (Å²) in [7, 11) is 1.35. The number of fused-ring (bicyclic) bond motifs is 1. The summed E-state index contributed by atoms with van der Waals surface area (Å²) in [4.78, 5) is 12.8. The molecule has 1 aliphatic heterocycles. The summed E-state index contributed by atoms with van der Waals surface area (Å²) in [5.41, 5.74) is 3.03. The molecule has 3 heterocycles. The minimum Gasteiger partial charge on any atom is -0.387 e. The van der Waals surface area contributed by atoms with Gasteiger partial charge in [-0.2, -0.15) is 0 Å². The Labute approximate surface area is 169 Å². The Morgan fingerprint density at radius 3 is 2.66 bits per heavy atom. The number of nitrogens with one attached hydrogen (secondary N) is 1. The number of hydrogen-bond acceptors (Lipinski definition) is 8. The number of aliphatic hydroxyl groups excluding tert-OH is 3. The van der Waals surface area contributed by atoms with E-state index >= 15 is 0 Å². The van der Waals surface area contributed by atoms with E-state index in [4.69, 9.17) is 21.2 Å². The van der Waals surface area contributed by atoms with Gasteiger partial charge in [0.05, 0.1) is 12.5 Å². The van der Waals surface area contributed by atoms with Crippen LogP contribution in [-0.2, 0) is 9.57 Å². The smallest absolute Gasteiger partial charge is 0.165 e. The van der Waals surface area contributed by atoms with Crippen LogP contribution in [0.15, 0.2) is 36.8 Å². The lowest BCUT2D eigenvalue weighted by atomic mass is 9.99. The summed E-state index contributed by atoms with van der Waals surface area (Å²) in [6.45, 7) is 0. The molecule has 0 saturated carbocycles. The van der Waals surface area contributed by atoms with Crippen molar-refractivity contribution in [3.63, 3.8) is 0 Å². The first kappa shape index (κ1) is 20.0. The van der Waals surface area contributed by atoms with E-state index in [0.717, 1.165) is 6.20 Å². The number of rotatable bonds is 5. The molecular formula is C18H18ClFN4O5. The van der Waals surface area contributed by atoms with Crippen LogP contribution in [0, 0.1) is 5.82 Å². The normalized spacial score (nSPS) is 25.4. The van der Waals surface area contributed by atoms with E-state index < -0.39 is 36.5 Å². The molecule has 1 aliphatic rings. The Bertz CT molecular complexity index is 1020. The molecule has 154 valence electrons. The van der Waals surface area contributed by atoms with Gasteiger partial charge < -0.3 is 24.6 Å². The summed E-state index contributed by atoms with van der Waals surface area (Å²) in [5, 5.41) is 32.1. The van der Waals surface area contributed by atoms with Crippen LogP contribution in [0.5, 0.6) is 0 Å². The van der Waals surface area contributed by atoms with E-state index in [1.165, 1.54) is 18.0 Å². The van der Waals surface area contributed by atoms with Crippen LogP contribution in [0.1, 0.15) is 17.9 Å². The van der Waals surface area contributed by atoms with Crippen molar-refractivity contribution in [2.75, 3.05) is 12.6 Å². The highest BCUT2D eigenvalue weighted by atomic mass is 35.5. The van der Waals surface area contributed by atoms with E-state index in [9.17, 15) is 19.7 Å². The zero-order chi connectivity index (χ0) is 20.7. The van der Waals surface area contributed by atoms with Gasteiger partial charge in [0, 0.05) is 11.2 Å². The molecule has 4 N–H and O–H groups in total. The van der Waals surface area contributed by atoms with Crippen LogP contribution in [0.2, 0.25) is 5.02 Å². The molecule has 11 heteroatoms. The second-order valence-electron chi connectivity index (χ2n) is 6.58. The lowest BCUT2D eigenvalue weighted by molar-refractivity contribution is -0.0849. The fourth-order valence-electron chi connectivity index (χ4n) is 3.43. The Morgan fingerprint density at radius 2 is 1.97 bits per heavy atom. The molecule has 29 heavy (non-hydrogen) atoms. The van der Waals surface area contributed by atoms with E-state index in [1.54, 1.807) is 24.3 Å². The van der Waals surface area contributed by atoms with E-state index in [1.807, 2.05) is 0 Å². The van der Waals surface area contributed by atoms with E-state index in [0.29, 0.717) is 10.6 Å². The minimum absolute atomic E-state index is 0.0290. The van der Waals surface area contributed by atoms with Gasteiger partial charge in [-0.1, -0.05) is 23.7 Å². The lowest BCUT2D eigenvalue weighted by Crippen LogP contribution is -2.34. The number of halogens is 2. The number of aromatic nitrogens is 3. The molecule has 1 fully saturated rings. The second-order valence-corrected chi connectivity index (χ2v) is 7.02. The Balaban J connectivity index is 1.68. The molecular weight excluding hydrogens is 407 g/mol. The SMILES string of the molecule is CONc1ncnc2c1c(F)cn2[C@@H]1O[C@H](C(O)c2ccc(Cl)cc2)[C@@H](O)[C@H]1O. The summed E-state index contributed by atoms with van der Waals surface area (Å²) in [6.07, 6.45) is -4.18. The van der Waals surface area contributed by atoms with Crippen LogP contribution in [0.4, 0.5) is 10.2 Å². The van der Waals surface area contributed by atoms with Crippen molar-refractivity contribution in [2.45, 2.75) is 30.6 Å². The van der Waals surface area contributed by atoms with E-state index in [2.05, 4.69) is 15.4 Å². The highest BCUT2D eigenvalue weighted by Gasteiger charge is 2.47. The Hall–Kier alpha value is -2.34. The Kier molecular flexibility index (Phi) is 5.38. The first-order valence-electron chi connectivity index (χ1n) is 8.67. The highest BCUT2D eigenvalue weighted by Crippen LogP contribution is 2.38. The standard InChI is InChI=1S/C18H18ClFN4O5/c1-28-23-16-11-10(20)6-24(17(11)22-7-21-16)18-14(27)13(26)15(29-18)12(25)8-2-4-9(19)5-3-8/h2-7,12-15,18,25-27H,1H3,(H,21,22,23)/t12?,13-,14+,15+,18+/m0/s1. The molecule has 1 saturated heterocycles. The molecule has 0 amide bonds. The van der Waals surface area contributed by atoms with Gasteiger partial charge in [-0.25, -0.2) is 19.8 Å². The summed E-state index contributed by atoms with van der Waals surface area (Å²) in [6, 6.07) is 6.35. The molecule has 0 radical (unpaired) electrons. The van der Waals surface area contributed by atoms with Gasteiger partial charge in [-0.15, -0.1) is 0 Å². The number of aliphatic hydroxyl groups is 3. The maximum atomic E-state index is 14.6. The van der Waals surface area contributed by atoms with Gasteiger partial charge in [0.15, 0.2) is 23.5 Å². The summed E-state index contributed by atoms with van der Waals surface area (Å²) >= 11 is 5.86. The predicted molar refractivity (Wildman–Crippen MR) is 100 cm³/mol. The monoisotopic (exact) mass is 424 g/mol. The van der Waals surface area contributed by atoms with Crippen molar-refractivity contribution < 1.29 is 29.3 Å². The van der Waals surface area contributed by atoms with Crippen molar-refractivity contribution in [2.24, 2.45) is 0 Å². The first-order valence-corrected chi connectivity index (χ1v) is 9.05. The predicted octanol–water partition coefficient (Wildman–Crippen LogP) is 1.55. The minimum atomic E-state index is -1.44. The molecule has 9 nitrogen and oxygen atoms in total. The molecule has 0 bridgehead atoms. The number of benzene rings is 1. The van der Waals surface area contributed by atoms with Gasteiger partial charge in [0.1, 0.15) is 30.7 Å². The largest absolute Gasteiger partial charge is 0.387 e. The fourth-order valence-corrected chi connectivity index (χ4v) is 3.56. The lowest BCUT2D eigenvalue weighted by Gasteiger charge is -2.21. The van der Waals surface area contributed by atoms with Crippen LogP contribution in [-0.4, -0.2) is 55.3 Å². The first-order chi connectivity index (χ1) is 13.9. The quantitative estimate of drug-likeness (QED) is 0.455. The van der Waals surface area contributed by atoms with E-state index in [-0.39, 0.29) is 16.9 Å². The topological polar surface area (TPSA) is 122 Å².